The van der Waals surface area contributed by atoms with Crippen LogP contribution in [0.15, 0.2) is 79.0 Å². The van der Waals surface area contributed by atoms with Gasteiger partial charge in [0.15, 0.2) is 6.20 Å². The second-order valence-electron chi connectivity index (χ2n) is 12.0. The minimum atomic E-state index is 0.495. The van der Waals surface area contributed by atoms with Gasteiger partial charge in [0.25, 0.3) is 0 Å². The number of nitrogens with zero attached hydrogens (tertiary/aromatic N) is 2. The van der Waals surface area contributed by atoms with Crippen LogP contribution in [0.2, 0.25) is 0 Å². The molecule has 4 aromatic carbocycles. The highest BCUT2D eigenvalue weighted by atomic mass is 15.0. The molecule has 0 unspecified atom stereocenters. The van der Waals surface area contributed by atoms with Crippen LogP contribution in [0, 0.1) is 20.8 Å². The number of aromatic nitrogens is 2. The maximum absolute atomic E-state index is 2.45. The summed E-state index contributed by atoms with van der Waals surface area (Å²) >= 11 is 0. The smallest absolute Gasteiger partial charge is 0.220 e. The molecule has 0 fully saturated rings. The number of pyridine rings is 1. The van der Waals surface area contributed by atoms with E-state index in [-0.39, 0.29) is 0 Å². The molecule has 0 bridgehead atoms. The molecule has 0 aliphatic carbocycles. The maximum Gasteiger partial charge on any atom is 0.220 e. The van der Waals surface area contributed by atoms with Gasteiger partial charge >= 0.3 is 0 Å². The molecule has 0 spiro atoms. The Morgan fingerprint density at radius 2 is 1.26 bits per heavy atom. The SMILES string of the molecule is Cc1cc(C)c(C)c(-c2c3ccc(-n4c5ccc(C(C)C)cc5c5cc(C(C)C)ccc54)cc3cc[n+]2C)c1. The predicted molar refractivity (Wildman–Crippen MR) is 167 cm³/mol. The van der Waals surface area contributed by atoms with Gasteiger partial charge in [0, 0.05) is 22.5 Å². The molecule has 0 saturated heterocycles. The van der Waals surface area contributed by atoms with Gasteiger partial charge in [-0.15, -0.1) is 0 Å². The zero-order valence-corrected chi connectivity index (χ0v) is 24.6. The molecule has 0 aliphatic heterocycles. The molecule has 0 aliphatic rings. The van der Waals surface area contributed by atoms with Crippen molar-refractivity contribution in [1.82, 2.24) is 4.57 Å². The molecule has 196 valence electrons. The topological polar surface area (TPSA) is 8.81 Å². The summed E-state index contributed by atoms with van der Waals surface area (Å²) in [5.41, 5.74) is 13.1. The minimum Gasteiger partial charge on any atom is -0.309 e. The van der Waals surface area contributed by atoms with E-state index in [9.17, 15) is 0 Å². The molecule has 0 amide bonds. The number of aryl methyl sites for hydroxylation is 3. The van der Waals surface area contributed by atoms with Crippen LogP contribution in [-0.4, -0.2) is 4.57 Å². The lowest BCUT2D eigenvalue weighted by Gasteiger charge is -2.13. The summed E-state index contributed by atoms with van der Waals surface area (Å²) < 4.78 is 4.72. The molecule has 2 heterocycles. The Labute approximate surface area is 232 Å². The number of fused-ring (bicyclic) bond motifs is 4. The van der Waals surface area contributed by atoms with Gasteiger partial charge in [-0.2, -0.15) is 0 Å². The standard InChI is InChI=1S/C37H39N2/c1-22(2)27-9-13-35-33(20-27)34-21-28(23(3)4)10-14-36(34)39(35)30-11-12-31-29(19-30)15-16-38(8)37(31)32-18-24(5)17-25(6)26(32)7/h9-23H,1-8H3/q+1. The van der Waals surface area contributed by atoms with Gasteiger partial charge < -0.3 is 4.57 Å². The number of rotatable bonds is 4. The van der Waals surface area contributed by atoms with Gasteiger partial charge in [0.2, 0.25) is 5.69 Å². The fraction of sp³-hybridized carbons (Fsp3) is 0.270. The van der Waals surface area contributed by atoms with Crippen LogP contribution in [0.3, 0.4) is 0 Å². The molecule has 0 saturated carbocycles. The zero-order chi connectivity index (χ0) is 27.6. The highest BCUT2D eigenvalue weighted by Crippen LogP contribution is 2.37. The first kappa shape index (κ1) is 25.4. The summed E-state index contributed by atoms with van der Waals surface area (Å²) in [5, 5.41) is 5.21. The van der Waals surface area contributed by atoms with E-state index in [1.54, 1.807) is 0 Å². The van der Waals surface area contributed by atoms with Gasteiger partial charge in [-0.25, -0.2) is 4.57 Å². The van der Waals surface area contributed by atoms with E-state index in [4.69, 9.17) is 0 Å². The van der Waals surface area contributed by atoms with E-state index in [2.05, 4.69) is 144 Å². The van der Waals surface area contributed by atoms with E-state index >= 15 is 0 Å². The van der Waals surface area contributed by atoms with E-state index in [1.807, 2.05) is 0 Å². The summed E-state index contributed by atoms with van der Waals surface area (Å²) in [5.74, 6) is 0.990. The van der Waals surface area contributed by atoms with Crippen molar-refractivity contribution in [3.63, 3.8) is 0 Å². The van der Waals surface area contributed by atoms with Crippen molar-refractivity contribution >= 4 is 32.6 Å². The van der Waals surface area contributed by atoms with Gasteiger partial charge in [-0.05, 0) is 109 Å². The molecular weight excluding hydrogens is 472 g/mol. The van der Waals surface area contributed by atoms with Crippen molar-refractivity contribution < 1.29 is 4.57 Å². The monoisotopic (exact) mass is 511 g/mol. The molecule has 39 heavy (non-hydrogen) atoms. The molecule has 0 atom stereocenters. The molecule has 2 aromatic heterocycles. The lowest BCUT2D eigenvalue weighted by molar-refractivity contribution is -0.659. The fourth-order valence-electron chi connectivity index (χ4n) is 6.18. The Morgan fingerprint density at radius 1 is 0.641 bits per heavy atom. The first-order chi connectivity index (χ1) is 18.6. The minimum absolute atomic E-state index is 0.495. The van der Waals surface area contributed by atoms with Crippen molar-refractivity contribution in [1.29, 1.82) is 0 Å². The van der Waals surface area contributed by atoms with E-state index < -0.39 is 0 Å². The number of benzene rings is 4. The Kier molecular flexibility index (Phi) is 6.10. The van der Waals surface area contributed by atoms with Gasteiger partial charge in [0.05, 0.1) is 22.0 Å². The van der Waals surface area contributed by atoms with Crippen molar-refractivity contribution in [3.05, 3.63) is 107 Å². The largest absolute Gasteiger partial charge is 0.309 e. The lowest BCUT2D eigenvalue weighted by atomic mass is 9.94. The first-order valence-electron chi connectivity index (χ1n) is 14.2. The van der Waals surface area contributed by atoms with Crippen molar-refractivity contribution in [3.8, 4) is 16.9 Å². The summed E-state index contributed by atoms with van der Waals surface area (Å²) in [6, 6.07) is 27.9. The van der Waals surface area contributed by atoms with Crippen LogP contribution in [0.1, 0.15) is 67.3 Å². The van der Waals surface area contributed by atoms with Crippen molar-refractivity contribution in [2.24, 2.45) is 7.05 Å². The Hall–Kier alpha value is -3.91. The van der Waals surface area contributed by atoms with Gasteiger partial charge in [-0.1, -0.05) is 51.5 Å². The predicted octanol–water partition coefficient (Wildman–Crippen LogP) is 9.60. The van der Waals surface area contributed by atoms with Crippen LogP contribution >= 0.6 is 0 Å². The number of hydrogen-bond acceptors (Lipinski definition) is 0. The third kappa shape index (κ3) is 4.14. The van der Waals surface area contributed by atoms with Gasteiger partial charge in [-0.3, -0.25) is 0 Å². The number of hydrogen-bond donors (Lipinski definition) is 0. The van der Waals surface area contributed by atoms with Crippen molar-refractivity contribution in [2.45, 2.75) is 60.3 Å². The Balaban J connectivity index is 1.63. The third-order valence-corrected chi connectivity index (χ3v) is 8.59. The molecule has 6 rings (SSSR count). The molecule has 2 nitrogen and oxygen atoms in total. The first-order valence-corrected chi connectivity index (χ1v) is 14.2. The molecule has 2 heteroatoms. The third-order valence-electron chi connectivity index (χ3n) is 8.59. The summed E-state index contributed by atoms with van der Waals surface area (Å²) in [4.78, 5) is 0. The summed E-state index contributed by atoms with van der Waals surface area (Å²) in [7, 11) is 2.16. The van der Waals surface area contributed by atoms with Crippen LogP contribution in [-0.2, 0) is 7.05 Å². The summed E-state index contributed by atoms with van der Waals surface area (Å²) in [6.07, 6.45) is 2.20. The average molecular weight is 512 g/mol. The average Bonchev–Trinajstić information content (AvgIpc) is 3.23. The van der Waals surface area contributed by atoms with Crippen LogP contribution in [0.5, 0.6) is 0 Å². The van der Waals surface area contributed by atoms with E-state index in [1.165, 1.54) is 77.3 Å². The highest BCUT2D eigenvalue weighted by Gasteiger charge is 2.20. The zero-order valence-electron chi connectivity index (χ0n) is 24.6. The second-order valence-corrected chi connectivity index (χ2v) is 12.0. The van der Waals surface area contributed by atoms with Crippen LogP contribution in [0.25, 0.3) is 49.5 Å². The van der Waals surface area contributed by atoms with Crippen LogP contribution in [0.4, 0.5) is 0 Å². The Morgan fingerprint density at radius 3 is 1.85 bits per heavy atom. The van der Waals surface area contributed by atoms with Gasteiger partial charge in [0.1, 0.15) is 7.05 Å². The second kappa shape index (κ2) is 9.38. The molecule has 0 radical (unpaired) electrons. The normalized spacial score (nSPS) is 12.1. The molecular formula is C37H39N2+. The lowest BCUT2D eigenvalue weighted by Crippen LogP contribution is -2.30. The van der Waals surface area contributed by atoms with E-state index in [0.717, 1.165) is 0 Å². The highest BCUT2D eigenvalue weighted by molar-refractivity contribution is 6.10. The molecule has 0 N–H and O–H groups in total. The fourth-order valence-corrected chi connectivity index (χ4v) is 6.18. The van der Waals surface area contributed by atoms with E-state index in [0.29, 0.717) is 11.8 Å². The Bertz CT molecular complexity index is 1830. The summed E-state index contributed by atoms with van der Waals surface area (Å²) in [6.45, 7) is 15.8. The molecule has 6 aromatic rings. The quantitative estimate of drug-likeness (QED) is 0.208. The van der Waals surface area contributed by atoms with Crippen molar-refractivity contribution in [2.75, 3.05) is 0 Å². The van der Waals surface area contributed by atoms with Crippen LogP contribution < -0.4 is 4.57 Å². The maximum atomic E-state index is 2.45.